The van der Waals surface area contributed by atoms with Crippen molar-refractivity contribution in [2.24, 2.45) is 0 Å². The van der Waals surface area contributed by atoms with Crippen molar-refractivity contribution in [3.05, 3.63) is 47.9 Å². The third kappa shape index (κ3) is 4.76. The number of amides is 1. The molecule has 0 saturated carbocycles. The molecule has 3 N–H and O–H groups in total. The Hall–Kier alpha value is -2.63. The van der Waals surface area contributed by atoms with Crippen LogP contribution in [0, 0.1) is 6.92 Å². The molecular formula is C15H18N4O2. The van der Waals surface area contributed by atoms with Crippen LogP contribution in [0.1, 0.15) is 22.5 Å². The van der Waals surface area contributed by atoms with Gasteiger partial charge in [0.25, 0.3) is 5.91 Å². The van der Waals surface area contributed by atoms with E-state index < -0.39 is 0 Å². The molecule has 6 heteroatoms. The number of nitrogens with zero attached hydrogens (tertiary/aromatic N) is 2. The van der Waals surface area contributed by atoms with Gasteiger partial charge in [-0.15, -0.1) is 0 Å². The highest BCUT2D eigenvalue weighted by Gasteiger charge is 2.04. The summed E-state index contributed by atoms with van der Waals surface area (Å²) in [5.41, 5.74) is 1.31. The van der Waals surface area contributed by atoms with Crippen LogP contribution in [0.25, 0.3) is 0 Å². The van der Waals surface area contributed by atoms with Crippen molar-refractivity contribution in [2.45, 2.75) is 13.3 Å². The molecule has 0 aliphatic carbocycles. The largest absolute Gasteiger partial charge is 0.508 e. The number of aromatic hydroxyl groups is 1. The second kappa shape index (κ2) is 7.23. The minimum atomic E-state index is -0.193. The predicted molar refractivity (Wildman–Crippen MR) is 80.3 cm³/mol. The van der Waals surface area contributed by atoms with Gasteiger partial charge in [0.05, 0.1) is 11.9 Å². The van der Waals surface area contributed by atoms with Crippen molar-refractivity contribution in [1.82, 2.24) is 15.3 Å². The Morgan fingerprint density at radius 1 is 1.29 bits per heavy atom. The number of benzene rings is 1. The first-order valence-electron chi connectivity index (χ1n) is 6.75. The normalized spacial score (nSPS) is 10.1. The summed E-state index contributed by atoms with van der Waals surface area (Å²) in [6.45, 7) is 3.12. The van der Waals surface area contributed by atoms with E-state index in [2.05, 4.69) is 20.6 Å². The lowest BCUT2D eigenvalue weighted by atomic mass is 10.2. The van der Waals surface area contributed by atoms with Gasteiger partial charge in [-0.25, -0.2) is 4.98 Å². The molecule has 6 nitrogen and oxygen atoms in total. The standard InChI is InChI=1S/C15H18N4O2/c1-11-9-16-10-14(19-11)17-6-3-7-18-15(21)12-4-2-5-13(20)8-12/h2,4-5,8-10,20H,3,6-7H2,1H3,(H,17,19)(H,18,21). The highest BCUT2D eigenvalue weighted by molar-refractivity contribution is 5.94. The van der Waals surface area contributed by atoms with Crippen molar-refractivity contribution in [2.75, 3.05) is 18.4 Å². The van der Waals surface area contributed by atoms with Gasteiger partial charge in [0, 0.05) is 24.8 Å². The molecule has 0 unspecified atom stereocenters. The van der Waals surface area contributed by atoms with Crippen LogP contribution in [-0.2, 0) is 0 Å². The number of phenolic OH excluding ortho intramolecular Hbond substituents is 1. The Labute approximate surface area is 123 Å². The summed E-state index contributed by atoms with van der Waals surface area (Å²) in [6, 6.07) is 6.28. The van der Waals surface area contributed by atoms with Gasteiger partial charge >= 0.3 is 0 Å². The summed E-state index contributed by atoms with van der Waals surface area (Å²) >= 11 is 0. The number of aryl methyl sites for hydroxylation is 1. The van der Waals surface area contributed by atoms with Gasteiger partial charge in [-0.3, -0.25) is 9.78 Å². The summed E-state index contributed by atoms with van der Waals surface area (Å²) < 4.78 is 0. The number of nitrogens with one attached hydrogen (secondary N) is 2. The number of hydrogen-bond acceptors (Lipinski definition) is 5. The van der Waals surface area contributed by atoms with E-state index in [0.29, 0.717) is 18.7 Å². The van der Waals surface area contributed by atoms with Crippen LogP contribution in [0.3, 0.4) is 0 Å². The van der Waals surface area contributed by atoms with Crippen molar-refractivity contribution in [3.8, 4) is 5.75 Å². The Morgan fingerprint density at radius 2 is 2.14 bits per heavy atom. The minimum absolute atomic E-state index is 0.0855. The Kier molecular flexibility index (Phi) is 5.09. The van der Waals surface area contributed by atoms with E-state index in [-0.39, 0.29) is 11.7 Å². The Balaban J connectivity index is 1.69. The van der Waals surface area contributed by atoms with E-state index in [4.69, 9.17) is 0 Å². The van der Waals surface area contributed by atoms with E-state index in [0.717, 1.165) is 17.9 Å². The third-order valence-corrected chi connectivity index (χ3v) is 2.81. The summed E-state index contributed by atoms with van der Waals surface area (Å²) in [5, 5.41) is 15.3. The number of anilines is 1. The van der Waals surface area contributed by atoms with Crippen LogP contribution in [0.15, 0.2) is 36.7 Å². The first kappa shape index (κ1) is 14.8. The molecule has 2 aromatic rings. The lowest BCUT2D eigenvalue weighted by Gasteiger charge is -2.07. The SMILES string of the molecule is Cc1cncc(NCCCNC(=O)c2cccc(O)c2)n1. The number of carbonyl (C=O) groups is 1. The molecule has 1 heterocycles. The van der Waals surface area contributed by atoms with Crippen molar-refractivity contribution < 1.29 is 9.90 Å². The average Bonchev–Trinajstić information content (AvgIpc) is 2.47. The first-order valence-corrected chi connectivity index (χ1v) is 6.75. The molecule has 0 atom stereocenters. The van der Waals surface area contributed by atoms with Gasteiger partial charge in [-0.2, -0.15) is 0 Å². The van der Waals surface area contributed by atoms with Crippen LogP contribution >= 0.6 is 0 Å². The van der Waals surface area contributed by atoms with E-state index in [1.807, 2.05) is 6.92 Å². The van der Waals surface area contributed by atoms with Gasteiger partial charge in [-0.05, 0) is 31.5 Å². The van der Waals surface area contributed by atoms with E-state index in [9.17, 15) is 9.90 Å². The van der Waals surface area contributed by atoms with Crippen LogP contribution in [-0.4, -0.2) is 34.1 Å². The monoisotopic (exact) mass is 286 g/mol. The summed E-state index contributed by atoms with van der Waals surface area (Å²) in [7, 11) is 0. The van der Waals surface area contributed by atoms with Crippen LogP contribution < -0.4 is 10.6 Å². The molecule has 0 saturated heterocycles. The third-order valence-electron chi connectivity index (χ3n) is 2.81. The lowest BCUT2D eigenvalue weighted by Crippen LogP contribution is -2.25. The zero-order valence-corrected chi connectivity index (χ0v) is 11.8. The minimum Gasteiger partial charge on any atom is -0.508 e. The Bertz CT molecular complexity index is 616. The molecule has 1 aromatic carbocycles. The van der Waals surface area contributed by atoms with Crippen LogP contribution in [0.5, 0.6) is 5.75 Å². The van der Waals surface area contributed by atoms with E-state index >= 15 is 0 Å². The maximum atomic E-state index is 11.8. The van der Waals surface area contributed by atoms with Crippen molar-refractivity contribution >= 4 is 11.7 Å². The first-order chi connectivity index (χ1) is 10.1. The highest BCUT2D eigenvalue weighted by Crippen LogP contribution is 2.10. The summed E-state index contributed by atoms with van der Waals surface area (Å²) in [4.78, 5) is 20.1. The second-order valence-corrected chi connectivity index (χ2v) is 4.63. The topological polar surface area (TPSA) is 87.1 Å². The fraction of sp³-hybridized carbons (Fsp3) is 0.267. The highest BCUT2D eigenvalue weighted by atomic mass is 16.3. The molecule has 0 radical (unpaired) electrons. The van der Waals surface area contributed by atoms with Crippen molar-refractivity contribution in [3.63, 3.8) is 0 Å². The van der Waals surface area contributed by atoms with Gasteiger partial charge in [0.2, 0.25) is 0 Å². The second-order valence-electron chi connectivity index (χ2n) is 4.63. The average molecular weight is 286 g/mol. The molecular weight excluding hydrogens is 268 g/mol. The Morgan fingerprint density at radius 3 is 2.90 bits per heavy atom. The predicted octanol–water partition coefficient (Wildman–Crippen LogP) is 1.72. The quantitative estimate of drug-likeness (QED) is 0.704. The van der Waals surface area contributed by atoms with Crippen LogP contribution in [0.2, 0.25) is 0 Å². The van der Waals surface area contributed by atoms with Gasteiger partial charge in [0.15, 0.2) is 0 Å². The molecule has 0 fully saturated rings. The molecule has 110 valence electrons. The molecule has 2 rings (SSSR count). The molecule has 0 bridgehead atoms. The maximum Gasteiger partial charge on any atom is 0.251 e. The number of aromatic nitrogens is 2. The van der Waals surface area contributed by atoms with E-state index in [1.165, 1.54) is 12.1 Å². The van der Waals surface area contributed by atoms with E-state index in [1.54, 1.807) is 24.5 Å². The molecule has 21 heavy (non-hydrogen) atoms. The van der Waals surface area contributed by atoms with Crippen molar-refractivity contribution in [1.29, 1.82) is 0 Å². The number of carbonyl (C=O) groups excluding carboxylic acids is 1. The summed E-state index contributed by atoms with van der Waals surface area (Å²) in [5.74, 6) is 0.623. The molecule has 1 amide bonds. The zero-order chi connectivity index (χ0) is 15.1. The number of rotatable bonds is 6. The summed E-state index contributed by atoms with van der Waals surface area (Å²) in [6.07, 6.45) is 4.12. The number of hydrogen-bond donors (Lipinski definition) is 3. The molecule has 1 aromatic heterocycles. The number of phenols is 1. The van der Waals surface area contributed by atoms with Gasteiger partial charge in [0.1, 0.15) is 11.6 Å². The van der Waals surface area contributed by atoms with Gasteiger partial charge in [-0.1, -0.05) is 6.07 Å². The smallest absolute Gasteiger partial charge is 0.251 e. The molecule has 0 spiro atoms. The zero-order valence-electron chi connectivity index (χ0n) is 11.8. The fourth-order valence-electron chi connectivity index (χ4n) is 1.80. The lowest BCUT2D eigenvalue weighted by molar-refractivity contribution is 0.0953. The van der Waals surface area contributed by atoms with Gasteiger partial charge < -0.3 is 15.7 Å². The maximum absolute atomic E-state index is 11.8. The molecule has 0 aliphatic heterocycles. The molecule has 0 aliphatic rings. The van der Waals surface area contributed by atoms with Crippen LogP contribution in [0.4, 0.5) is 5.82 Å². The fourth-order valence-corrected chi connectivity index (χ4v) is 1.80.